The van der Waals surface area contributed by atoms with Crippen molar-refractivity contribution >= 4 is 10.8 Å². The van der Waals surface area contributed by atoms with E-state index in [1.165, 1.54) is 5.39 Å². The van der Waals surface area contributed by atoms with Gasteiger partial charge in [0.05, 0.1) is 0 Å². The van der Waals surface area contributed by atoms with Gasteiger partial charge in [-0.25, -0.2) is 4.98 Å². The molecule has 0 bridgehead atoms. The van der Waals surface area contributed by atoms with E-state index in [4.69, 9.17) is 9.47 Å². The highest BCUT2D eigenvalue weighted by Crippen LogP contribution is 2.24. The summed E-state index contributed by atoms with van der Waals surface area (Å²) in [6.07, 6.45) is -0.229. The van der Waals surface area contributed by atoms with Gasteiger partial charge in [0.1, 0.15) is 12.4 Å². The van der Waals surface area contributed by atoms with Crippen molar-refractivity contribution in [2.75, 3.05) is 7.11 Å². The molecule has 0 radical (unpaired) electrons. The Kier molecular flexibility index (Phi) is 3.83. The first-order valence-corrected chi connectivity index (χ1v) is 6.82. The van der Waals surface area contributed by atoms with Crippen molar-refractivity contribution in [1.82, 2.24) is 15.2 Å². The predicted octanol–water partition coefficient (Wildman–Crippen LogP) is 3.24. The smallest absolute Gasteiger partial charge is 0.191 e. The Morgan fingerprint density at radius 3 is 2.76 bits per heavy atom. The molecule has 0 aliphatic heterocycles. The topological polar surface area (TPSA) is 60.0 Å². The van der Waals surface area contributed by atoms with E-state index < -0.39 is 0 Å². The summed E-state index contributed by atoms with van der Waals surface area (Å²) in [5.74, 6) is 2.12. The molecule has 5 heteroatoms. The van der Waals surface area contributed by atoms with Crippen LogP contribution in [0.2, 0.25) is 0 Å². The van der Waals surface area contributed by atoms with Crippen molar-refractivity contribution in [3.63, 3.8) is 0 Å². The van der Waals surface area contributed by atoms with Crippen LogP contribution in [0.25, 0.3) is 10.8 Å². The third-order valence-electron chi connectivity index (χ3n) is 3.23. The highest BCUT2D eigenvalue weighted by Gasteiger charge is 2.13. The maximum Gasteiger partial charge on any atom is 0.191 e. The molecular formula is C16H17N3O2. The fourth-order valence-corrected chi connectivity index (χ4v) is 2.19. The third kappa shape index (κ3) is 3.03. The lowest BCUT2D eigenvalue weighted by atomic mass is 10.1. The Morgan fingerprint density at radius 2 is 1.95 bits per heavy atom. The van der Waals surface area contributed by atoms with Gasteiger partial charge in [-0.3, -0.25) is 5.10 Å². The second-order valence-corrected chi connectivity index (χ2v) is 4.84. The van der Waals surface area contributed by atoms with Crippen molar-refractivity contribution in [2.45, 2.75) is 19.6 Å². The van der Waals surface area contributed by atoms with Crippen LogP contribution in [-0.4, -0.2) is 22.3 Å². The molecule has 1 unspecified atom stereocenters. The summed E-state index contributed by atoms with van der Waals surface area (Å²) < 4.78 is 10.9. The van der Waals surface area contributed by atoms with Crippen molar-refractivity contribution in [3.8, 4) is 5.75 Å². The molecule has 0 saturated heterocycles. The first-order valence-electron chi connectivity index (χ1n) is 6.82. The Balaban J connectivity index is 1.76. The van der Waals surface area contributed by atoms with Gasteiger partial charge in [-0.1, -0.05) is 30.3 Å². The van der Waals surface area contributed by atoms with Gasteiger partial charge in [-0.2, -0.15) is 5.10 Å². The van der Waals surface area contributed by atoms with Crippen molar-refractivity contribution < 1.29 is 9.47 Å². The number of nitrogens with zero attached hydrogens (tertiary/aromatic N) is 2. The van der Waals surface area contributed by atoms with Crippen LogP contribution in [0.3, 0.4) is 0 Å². The van der Waals surface area contributed by atoms with Gasteiger partial charge < -0.3 is 9.47 Å². The van der Waals surface area contributed by atoms with Crippen molar-refractivity contribution in [3.05, 3.63) is 54.1 Å². The summed E-state index contributed by atoms with van der Waals surface area (Å²) in [5.41, 5.74) is 0. The van der Waals surface area contributed by atoms with Crippen LogP contribution >= 0.6 is 0 Å². The zero-order valence-corrected chi connectivity index (χ0v) is 12.0. The molecule has 21 heavy (non-hydrogen) atoms. The number of hydrogen-bond donors (Lipinski definition) is 1. The van der Waals surface area contributed by atoms with E-state index in [1.807, 2.05) is 37.3 Å². The van der Waals surface area contributed by atoms with Crippen molar-refractivity contribution in [1.29, 1.82) is 0 Å². The molecule has 108 valence electrons. The summed E-state index contributed by atoms with van der Waals surface area (Å²) in [5, 5.41) is 9.33. The second-order valence-electron chi connectivity index (χ2n) is 4.84. The standard InChI is InChI=1S/C16H17N3O2/c1-11(16-17-15(10-20-2)18-19-16)21-14-8-7-12-5-3-4-6-13(12)9-14/h3-9,11H,10H2,1-2H3,(H,17,18,19). The largest absolute Gasteiger partial charge is 0.483 e. The molecule has 0 fully saturated rings. The van der Waals surface area contributed by atoms with E-state index in [9.17, 15) is 0 Å². The minimum atomic E-state index is -0.229. The van der Waals surface area contributed by atoms with Gasteiger partial charge in [-0.15, -0.1) is 0 Å². The molecular weight excluding hydrogens is 266 g/mol. The molecule has 3 rings (SSSR count). The minimum Gasteiger partial charge on any atom is -0.483 e. The molecule has 1 N–H and O–H groups in total. The van der Waals surface area contributed by atoms with Gasteiger partial charge in [0, 0.05) is 7.11 Å². The normalized spacial score (nSPS) is 12.5. The predicted molar refractivity (Wildman–Crippen MR) is 80.1 cm³/mol. The number of benzene rings is 2. The van der Waals surface area contributed by atoms with E-state index in [2.05, 4.69) is 27.3 Å². The van der Waals surface area contributed by atoms with Crippen molar-refractivity contribution in [2.24, 2.45) is 0 Å². The van der Waals surface area contributed by atoms with Crippen LogP contribution in [-0.2, 0) is 11.3 Å². The number of ether oxygens (including phenoxy) is 2. The molecule has 1 heterocycles. The zero-order valence-electron chi connectivity index (χ0n) is 12.0. The van der Waals surface area contributed by atoms with Gasteiger partial charge in [0.15, 0.2) is 17.8 Å². The third-order valence-corrected chi connectivity index (χ3v) is 3.23. The van der Waals surface area contributed by atoms with Gasteiger partial charge >= 0.3 is 0 Å². The number of methoxy groups -OCH3 is 1. The Hall–Kier alpha value is -2.40. The fourth-order valence-electron chi connectivity index (χ4n) is 2.19. The molecule has 3 aromatic rings. The minimum absolute atomic E-state index is 0.229. The zero-order chi connectivity index (χ0) is 14.7. The number of H-pyrrole nitrogens is 1. The van der Waals surface area contributed by atoms with Crippen LogP contribution in [0.5, 0.6) is 5.75 Å². The molecule has 2 aromatic carbocycles. The van der Waals surface area contributed by atoms with Crippen LogP contribution in [0, 0.1) is 0 Å². The summed E-state index contributed by atoms with van der Waals surface area (Å²) in [6, 6.07) is 14.2. The number of rotatable bonds is 5. The number of hydrogen-bond acceptors (Lipinski definition) is 4. The number of fused-ring (bicyclic) bond motifs is 1. The summed E-state index contributed by atoms with van der Waals surface area (Å²) in [4.78, 5) is 4.34. The lowest BCUT2D eigenvalue weighted by Gasteiger charge is -2.12. The SMILES string of the molecule is COCc1nc(C(C)Oc2ccc3ccccc3c2)n[nH]1. The molecule has 0 saturated carbocycles. The molecule has 0 spiro atoms. The molecule has 1 aromatic heterocycles. The molecule has 1 atom stereocenters. The van der Waals surface area contributed by atoms with E-state index in [0.717, 1.165) is 11.1 Å². The van der Waals surface area contributed by atoms with E-state index in [-0.39, 0.29) is 6.10 Å². The van der Waals surface area contributed by atoms with Gasteiger partial charge in [0.25, 0.3) is 0 Å². The maximum atomic E-state index is 5.91. The van der Waals surface area contributed by atoms with Crippen LogP contribution in [0.4, 0.5) is 0 Å². The van der Waals surface area contributed by atoms with Crippen LogP contribution < -0.4 is 4.74 Å². The molecule has 0 aliphatic rings. The number of aromatic nitrogens is 3. The van der Waals surface area contributed by atoms with E-state index in [0.29, 0.717) is 18.3 Å². The lowest BCUT2D eigenvalue weighted by molar-refractivity contribution is 0.177. The molecule has 0 aliphatic carbocycles. The summed E-state index contributed by atoms with van der Waals surface area (Å²) in [7, 11) is 1.62. The summed E-state index contributed by atoms with van der Waals surface area (Å²) >= 11 is 0. The number of nitrogens with one attached hydrogen (secondary N) is 1. The Morgan fingerprint density at radius 1 is 1.14 bits per heavy atom. The second kappa shape index (κ2) is 5.93. The quantitative estimate of drug-likeness (QED) is 0.781. The highest BCUT2D eigenvalue weighted by atomic mass is 16.5. The Labute approximate surface area is 122 Å². The van der Waals surface area contributed by atoms with Crippen LogP contribution in [0.15, 0.2) is 42.5 Å². The first kappa shape index (κ1) is 13.6. The van der Waals surface area contributed by atoms with E-state index in [1.54, 1.807) is 7.11 Å². The van der Waals surface area contributed by atoms with E-state index >= 15 is 0 Å². The lowest BCUT2D eigenvalue weighted by Crippen LogP contribution is -2.05. The average molecular weight is 283 g/mol. The molecule has 0 amide bonds. The first-order chi connectivity index (χ1) is 10.3. The monoisotopic (exact) mass is 283 g/mol. The Bertz CT molecular complexity index is 739. The van der Waals surface area contributed by atoms with Crippen LogP contribution in [0.1, 0.15) is 24.7 Å². The number of aromatic amines is 1. The average Bonchev–Trinajstić information content (AvgIpc) is 2.96. The van der Waals surface area contributed by atoms with Gasteiger partial charge in [-0.05, 0) is 29.8 Å². The molecule has 5 nitrogen and oxygen atoms in total. The fraction of sp³-hybridized carbons (Fsp3) is 0.250. The van der Waals surface area contributed by atoms with Gasteiger partial charge in [0.2, 0.25) is 0 Å². The highest BCUT2D eigenvalue weighted by molar-refractivity contribution is 5.83. The maximum absolute atomic E-state index is 5.91. The summed E-state index contributed by atoms with van der Waals surface area (Å²) in [6.45, 7) is 2.34.